The molecule has 2 amide bonds. The summed E-state index contributed by atoms with van der Waals surface area (Å²) in [6, 6.07) is -0.266. The predicted molar refractivity (Wildman–Crippen MR) is 49.4 cm³/mol. The van der Waals surface area contributed by atoms with Crippen LogP contribution in [-0.2, 0) is 0 Å². The molecular weight excluding hydrogens is 209 g/mol. The van der Waals surface area contributed by atoms with Gasteiger partial charge in [0.1, 0.15) is 0 Å². The second-order valence-corrected chi connectivity index (χ2v) is 3.64. The van der Waals surface area contributed by atoms with Gasteiger partial charge in [0, 0.05) is 19.6 Å². The van der Waals surface area contributed by atoms with Crippen LogP contribution in [0.1, 0.15) is 19.8 Å². The zero-order valence-electron chi connectivity index (χ0n) is 8.60. The Bertz CT molecular complexity index is 222. The van der Waals surface area contributed by atoms with Gasteiger partial charge >= 0.3 is 12.2 Å². The number of halogens is 3. The lowest BCUT2D eigenvalue weighted by Gasteiger charge is -2.32. The smallest absolute Gasteiger partial charge is 0.338 e. The summed E-state index contributed by atoms with van der Waals surface area (Å²) in [6.07, 6.45) is -4.09. The molecule has 0 aromatic heterocycles. The zero-order valence-corrected chi connectivity index (χ0v) is 8.60. The Hall–Kier alpha value is -0.940. The van der Waals surface area contributed by atoms with Gasteiger partial charge in [0.05, 0.1) is 5.92 Å². The Kier molecular flexibility index (Phi) is 3.82. The van der Waals surface area contributed by atoms with Crippen LogP contribution in [0.3, 0.4) is 0 Å². The lowest BCUT2D eigenvalue weighted by Crippen LogP contribution is -2.46. The van der Waals surface area contributed by atoms with E-state index in [0.717, 1.165) is 0 Å². The highest BCUT2D eigenvalue weighted by atomic mass is 19.4. The molecule has 6 heteroatoms. The standard InChI is InChI=1S/C9H15F3N2O/c1-2-13-8(15)14-5-3-7(4-6-14)9(10,11)12/h7H,2-6H2,1H3,(H,13,15). The van der Waals surface area contributed by atoms with E-state index >= 15 is 0 Å². The number of nitrogens with one attached hydrogen (secondary N) is 1. The third-order valence-electron chi connectivity index (χ3n) is 2.57. The summed E-state index contributed by atoms with van der Waals surface area (Å²) >= 11 is 0. The van der Waals surface area contributed by atoms with Crippen molar-refractivity contribution in [1.82, 2.24) is 10.2 Å². The predicted octanol–water partition coefficient (Wildman–Crippen LogP) is 1.99. The molecule has 0 unspecified atom stereocenters. The van der Waals surface area contributed by atoms with Gasteiger partial charge in [-0.15, -0.1) is 0 Å². The number of alkyl halides is 3. The molecule has 0 saturated carbocycles. The van der Waals surface area contributed by atoms with Gasteiger partial charge in [-0.2, -0.15) is 13.2 Å². The summed E-state index contributed by atoms with van der Waals surface area (Å²) in [7, 11) is 0. The molecule has 0 radical (unpaired) electrons. The number of carbonyl (C=O) groups is 1. The molecule has 0 atom stereocenters. The summed E-state index contributed by atoms with van der Waals surface area (Å²) < 4.78 is 36.9. The molecule has 88 valence electrons. The van der Waals surface area contributed by atoms with E-state index < -0.39 is 12.1 Å². The monoisotopic (exact) mass is 224 g/mol. The summed E-state index contributed by atoms with van der Waals surface area (Å²) in [5.41, 5.74) is 0. The van der Waals surface area contributed by atoms with Crippen molar-refractivity contribution >= 4 is 6.03 Å². The van der Waals surface area contributed by atoms with E-state index in [4.69, 9.17) is 0 Å². The van der Waals surface area contributed by atoms with Crippen LogP contribution in [0.2, 0.25) is 0 Å². The first kappa shape index (κ1) is 12.1. The highest BCUT2D eigenvalue weighted by Crippen LogP contribution is 2.33. The number of hydrogen-bond donors (Lipinski definition) is 1. The molecule has 0 bridgehead atoms. The van der Waals surface area contributed by atoms with Crippen molar-refractivity contribution in [3.05, 3.63) is 0 Å². The maximum Gasteiger partial charge on any atom is 0.391 e. The van der Waals surface area contributed by atoms with Gasteiger partial charge in [-0.25, -0.2) is 4.79 Å². The first-order valence-corrected chi connectivity index (χ1v) is 5.04. The number of amides is 2. The van der Waals surface area contributed by atoms with Gasteiger partial charge in [0.15, 0.2) is 0 Å². The second-order valence-electron chi connectivity index (χ2n) is 3.64. The number of likely N-dealkylation sites (tertiary alicyclic amines) is 1. The van der Waals surface area contributed by atoms with Crippen LogP contribution in [-0.4, -0.2) is 36.7 Å². The van der Waals surface area contributed by atoms with Crippen molar-refractivity contribution in [2.75, 3.05) is 19.6 Å². The van der Waals surface area contributed by atoms with Gasteiger partial charge in [-0.1, -0.05) is 0 Å². The van der Waals surface area contributed by atoms with Gasteiger partial charge in [0.2, 0.25) is 0 Å². The molecule has 1 fully saturated rings. The third kappa shape index (κ3) is 3.28. The average Bonchev–Trinajstić information content (AvgIpc) is 2.17. The first-order chi connectivity index (χ1) is 6.95. The normalized spacial score (nSPS) is 19.1. The second kappa shape index (κ2) is 4.72. The van der Waals surface area contributed by atoms with Crippen molar-refractivity contribution in [2.45, 2.75) is 25.9 Å². The Balaban J connectivity index is 2.39. The number of hydrogen-bond acceptors (Lipinski definition) is 1. The number of nitrogens with zero attached hydrogens (tertiary/aromatic N) is 1. The maximum absolute atomic E-state index is 12.3. The first-order valence-electron chi connectivity index (χ1n) is 5.04. The number of rotatable bonds is 1. The van der Waals surface area contributed by atoms with Crippen LogP contribution in [0.4, 0.5) is 18.0 Å². The Labute approximate surface area is 86.6 Å². The van der Waals surface area contributed by atoms with Crippen LogP contribution < -0.4 is 5.32 Å². The largest absolute Gasteiger partial charge is 0.391 e. The van der Waals surface area contributed by atoms with Crippen LogP contribution in [0.25, 0.3) is 0 Å². The van der Waals surface area contributed by atoms with Crippen LogP contribution in [0.15, 0.2) is 0 Å². The van der Waals surface area contributed by atoms with Gasteiger partial charge < -0.3 is 10.2 Å². The Morgan fingerprint density at radius 3 is 2.33 bits per heavy atom. The highest BCUT2D eigenvalue weighted by Gasteiger charge is 2.41. The Morgan fingerprint density at radius 2 is 1.93 bits per heavy atom. The van der Waals surface area contributed by atoms with E-state index in [-0.39, 0.29) is 32.0 Å². The van der Waals surface area contributed by atoms with E-state index in [1.54, 1.807) is 6.92 Å². The topological polar surface area (TPSA) is 32.3 Å². The van der Waals surface area contributed by atoms with E-state index in [9.17, 15) is 18.0 Å². The molecule has 3 nitrogen and oxygen atoms in total. The number of urea groups is 1. The van der Waals surface area contributed by atoms with E-state index in [0.29, 0.717) is 6.54 Å². The molecule has 0 aromatic carbocycles. The molecular formula is C9H15F3N2O. The minimum atomic E-state index is -4.12. The van der Waals surface area contributed by atoms with E-state index in [1.165, 1.54) is 4.90 Å². The highest BCUT2D eigenvalue weighted by molar-refractivity contribution is 5.74. The summed E-state index contributed by atoms with van der Waals surface area (Å²) in [5.74, 6) is -1.25. The van der Waals surface area contributed by atoms with Crippen molar-refractivity contribution in [3.8, 4) is 0 Å². The lowest BCUT2D eigenvalue weighted by atomic mass is 9.96. The van der Waals surface area contributed by atoms with Crippen LogP contribution >= 0.6 is 0 Å². The SMILES string of the molecule is CCNC(=O)N1CCC(C(F)(F)F)CC1. The molecule has 1 heterocycles. The molecule has 0 aliphatic carbocycles. The van der Waals surface area contributed by atoms with Gasteiger partial charge in [-0.3, -0.25) is 0 Å². The maximum atomic E-state index is 12.3. The van der Waals surface area contributed by atoms with Gasteiger partial charge in [-0.05, 0) is 19.8 Å². The lowest BCUT2D eigenvalue weighted by molar-refractivity contribution is -0.183. The third-order valence-corrected chi connectivity index (χ3v) is 2.57. The van der Waals surface area contributed by atoms with Crippen LogP contribution in [0.5, 0.6) is 0 Å². The fraction of sp³-hybridized carbons (Fsp3) is 0.889. The molecule has 1 N–H and O–H groups in total. The van der Waals surface area contributed by atoms with E-state index in [2.05, 4.69) is 5.32 Å². The van der Waals surface area contributed by atoms with Crippen molar-refractivity contribution < 1.29 is 18.0 Å². The van der Waals surface area contributed by atoms with Gasteiger partial charge in [0.25, 0.3) is 0 Å². The minimum absolute atomic E-state index is 0.0145. The molecule has 15 heavy (non-hydrogen) atoms. The fourth-order valence-corrected chi connectivity index (χ4v) is 1.67. The minimum Gasteiger partial charge on any atom is -0.338 e. The summed E-state index contributed by atoms with van der Waals surface area (Å²) in [6.45, 7) is 2.66. The quantitative estimate of drug-likeness (QED) is 0.725. The molecule has 1 saturated heterocycles. The average molecular weight is 224 g/mol. The molecule has 1 rings (SSSR count). The zero-order chi connectivity index (χ0) is 11.5. The summed E-state index contributed by atoms with van der Waals surface area (Å²) in [4.78, 5) is 12.7. The molecule has 1 aliphatic rings. The van der Waals surface area contributed by atoms with E-state index in [1.807, 2.05) is 0 Å². The molecule has 0 spiro atoms. The fourth-order valence-electron chi connectivity index (χ4n) is 1.67. The molecule has 0 aromatic rings. The van der Waals surface area contributed by atoms with Crippen molar-refractivity contribution in [3.63, 3.8) is 0 Å². The number of carbonyl (C=O) groups excluding carboxylic acids is 1. The number of piperidine rings is 1. The summed E-state index contributed by atoms with van der Waals surface area (Å²) in [5, 5.41) is 2.57. The van der Waals surface area contributed by atoms with Crippen molar-refractivity contribution in [2.24, 2.45) is 5.92 Å². The van der Waals surface area contributed by atoms with Crippen LogP contribution in [0, 0.1) is 5.92 Å². The Morgan fingerprint density at radius 1 is 1.40 bits per heavy atom. The molecule has 1 aliphatic heterocycles. The van der Waals surface area contributed by atoms with Crippen molar-refractivity contribution in [1.29, 1.82) is 0 Å².